The normalized spacial score (nSPS) is 12.1. The molecule has 1 heterocycles. The molecule has 0 spiro atoms. The Morgan fingerprint density at radius 2 is 2.43 bits per heavy atom. The minimum absolute atomic E-state index is 0.201. The van der Waals surface area contributed by atoms with Gasteiger partial charge in [-0.25, -0.2) is 4.98 Å². The average Bonchev–Trinajstić information content (AvgIpc) is 2.18. The number of aromatic nitrogens is 1. The summed E-state index contributed by atoms with van der Waals surface area (Å²) in [5.41, 5.74) is 5.97. The number of carbonyl (C=O) groups is 1. The lowest BCUT2D eigenvalue weighted by Crippen LogP contribution is -2.32. The first-order chi connectivity index (χ1) is 6.63. The summed E-state index contributed by atoms with van der Waals surface area (Å²) >= 11 is 0. The summed E-state index contributed by atoms with van der Waals surface area (Å²) in [5, 5.41) is 8.59. The Bertz CT molecular complexity index is 328. The molecule has 0 fully saturated rings. The lowest BCUT2D eigenvalue weighted by atomic mass is 10.1. The summed E-state index contributed by atoms with van der Waals surface area (Å²) < 4.78 is 4.90. The molecule has 0 bridgehead atoms. The highest BCUT2D eigenvalue weighted by atomic mass is 16.5. The lowest BCUT2D eigenvalue weighted by Gasteiger charge is -2.06. The third kappa shape index (κ3) is 2.70. The second-order valence-electron chi connectivity index (χ2n) is 2.82. The molecule has 0 aliphatic rings. The molecule has 1 aromatic heterocycles. The molecule has 0 radical (unpaired) electrons. The molecule has 0 aliphatic carbocycles. The van der Waals surface area contributed by atoms with Gasteiger partial charge in [0.2, 0.25) is 5.88 Å². The molecular weight excluding hydrogens is 184 g/mol. The van der Waals surface area contributed by atoms with E-state index in [1.807, 2.05) is 0 Å². The van der Waals surface area contributed by atoms with Crippen LogP contribution in [0.3, 0.4) is 0 Å². The second kappa shape index (κ2) is 4.57. The number of nitrogens with two attached hydrogens (primary N) is 1. The van der Waals surface area contributed by atoms with E-state index >= 15 is 0 Å². The van der Waals surface area contributed by atoms with E-state index < -0.39 is 12.0 Å². The van der Waals surface area contributed by atoms with Crippen LogP contribution in [0.4, 0.5) is 0 Å². The summed E-state index contributed by atoms with van der Waals surface area (Å²) in [6, 6.07) is 4.23. The zero-order valence-electron chi connectivity index (χ0n) is 7.80. The van der Waals surface area contributed by atoms with Gasteiger partial charge in [-0.3, -0.25) is 4.79 Å². The Kier molecular flexibility index (Phi) is 3.41. The summed E-state index contributed by atoms with van der Waals surface area (Å²) in [5.74, 6) is -0.574. The Balaban J connectivity index is 2.71. The SMILES string of the molecule is COc1cccc(C[C@@H](N)C(=O)O)n1. The zero-order chi connectivity index (χ0) is 10.6. The second-order valence-corrected chi connectivity index (χ2v) is 2.82. The third-order valence-electron chi connectivity index (χ3n) is 1.74. The number of aliphatic carboxylic acids is 1. The first-order valence-corrected chi connectivity index (χ1v) is 4.12. The molecule has 5 nitrogen and oxygen atoms in total. The van der Waals surface area contributed by atoms with E-state index in [9.17, 15) is 4.79 Å². The van der Waals surface area contributed by atoms with Crippen molar-refractivity contribution in [1.29, 1.82) is 0 Å². The lowest BCUT2D eigenvalue weighted by molar-refractivity contribution is -0.138. The van der Waals surface area contributed by atoms with Gasteiger partial charge in [-0.15, -0.1) is 0 Å². The molecule has 1 atom stereocenters. The van der Waals surface area contributed by atoms with Gasteiger partial charge in [-0.1, -0.05) is 6.07 Å². The van der Waals surface area contributed by atoms with E-state index in [4.69, 9.17) is 15.6 Å². The van der Waals surface area contributed by atoms with Crippen molar-refractivity contribution in [2.45, 2.75) is 12.5 Å². The van der Waals surface area contributed by atoms with Crippen LogP contribution in [0.25, 0.3) is 0 Å². The number of methoxy groups -OCH3 is 1. The molecule has 0 saturated carbocycles. The minimum atomic E-state index is -1.03. The first kappa shape index (κ1) is 10.5. The Morgan fingerprint density at radius 1 is 1.71 bits per heavy atom. The van der Waals surface area contributed by atoms with Gasteiger partial charge in [0.05, 0.1) is 7.11 Å². The zero-order valence-corrected chi connectivity index (χ0v) is 7.80. The number of hydrogen-bond acceptors (Lipinski definition) is 4. The Labute approximate surface area is 81.5 Å². The van der Waals surface area contributed by atoms with Gasteiger partial charge in [0, 0.05) is 18.2 Å². The molecule has 76 valence electrons. The number of nitrogens with zero attached hydrogens (tertiary/aromatic N) is 1. The van der Waals surface area contributed by atoms with Crippen LogP contribution in [0.2, 0.25) is 0 Å². The molecule has 0 saturated heterocycles. The van der Waals surface area contributed by atoms with E-state index in [0.717, 1.165) is 0 Å². The summed E-state index contributed by atoms with van der Waals surface area (Å²) in [7, 11) is 1.50. The van der Waals surface area contributed by atoms with Crippen molar-refractivity contribution in [3.8, 4) is 5.88 Å². The van der Waals surface area contributed by atoms with Gasteiger partial charge in [0.25, 0.3) is 0 Å². The van der Waals surface area contributed by atoms with Crippen molar-refractivity contribution in [2.75, 3.05) is 7.11 Å². The smallest absolute Gasteiger partial charge is 0.320 e. The molecule has 5 heteroatoms. The predicted molar refractivity (Wildman–Crippen MR) is 50.1 cm³/mol. The van der Waals surface area contributed by atoms with Gasteiger partial charge in [0.1, 0.15) is 6.04 Å². The molecular formula is C9H12N2O3. The van der Waals surface area contributed by atoms with E-state index in [1.54, 1.807) is 18.2 Å². The fraction of sp³-hybridized carbons (Fsp3) is 0.333. The van der Waals surface area contributed by atoms with Gasteiger partial charge in [0.15, 0.2) is 0 Å². The van der Waals surface area contributed by atoms with Crippen LogP contribution in [0.1, 0.15) is 5.69 Å². The van der Waals surface area contributed by atoms with Crippen LogP contribution in [0.5, 0.6) is 5.88 Å². The highest BCUT2D eigenvalue weighted by Crippen LogP contribution is 2.07. The fourth-order valence-corrected chi connectivity index (χ4v) is 0.998. The highest BCUT2D eigenvalue weighted by Gasteiger charge is 2.12. The third-order valence-corrected chi connectivity index (χ3v) is 1.74. The maximum Gasteiger partial charge on any atom is 0.320 e. The van der Waals surface area contributed by atoms with Crippen molar-refractivity contribution >= 4 is 5.97 Å². The minimum Gasteiger partial charge on any atom is -0.481 e. The van der Waals surface area contributed by atoms with Gasteiger partial charge >= 0.3 is 5.97 Å². The summed E-state index contributed by atoms with van der Waals surface area (Å²) in [4.78, 5) is 14.5. The number of carboxylic acids is 1. The van der Waals surface area contributed by atoms with E-state index in [0.29, 0.717) is 11.6 Å². The molecule has 3 N–H and O–H groups in total. The molecule has 0 amide bonds. The van der Waals surface area contributed by atoms with Crippen molar-refractivity contribution in [1.82, 2.24) is 4.98 Å². The molecule has 1 rings (SSSR count). The van der Waals surface area contributed by atoms with Crippen molar-refractivity contribution in [2.24, 2.45) is 5.73 Å². The van der Waals surface area contributed by atoms with Crippen molar-refractivity contribution in [3.63, 3.8) is 0 Å². The fourth-order valence-electron chi connectivity index (χ4n) is 0.998. The van der Waals surface area contributed by atoms with Crippen LogP contribution in [0, 0.1) is 0 Å². The summed E-state index contributed by atoms with van der Waals surface area (Å²) in [6.07, 6.45) is 0.201. The number of hydrogen-bond donors (Lipinski definition) is 2. The van der Waals surface area contributed by atoms with Crippen LogP contribution in [-0.4, -0.2) is 29.2 Å². The number of ether oxygens (including phenoxy) is 1. The Hall–Kier alpha value is -1.62. The van der Waals surface area contributed by atoms with E-state index in [2.05, 4.69) is 4.98 Å². The van der Waals surface area contributed by atoms with Crippen LogP contribution in [-0.2, 0) is 11.2 Å². The Morgan fingerprint density at radius 3 is 3.00 bits per heavy atom. The van der Waals surface area contributed by atoms with E-state index in [1.165, 1.54) is 7.11 Å². The molecule has 0 unspecified atom stereocenters. The van der Waals surface area contributed by atoms with Crippen LogP contribution < -0.4 is 10.5 Å². The summed E-state index contributed by atoms with van der Waals surface area (Å²) in [6.45, 7) is 0. The quantitative estimate of drug-likeness (QED) is 0.710. The molecule has 0 aliphatic heterocycles. The number of rotatable bonds is 4. The maximum atomic E-state index is 10.5. The first-order valence-electron chi connectivity index (χ1n) is 4.12. The maximum absolute atomic E-state index is 10.5. The molecule has 0 aromatic carbocycles. The standard InChI is InChI=1S/C9H12N2O3/c1-14-8-4-2-3-6(11-8)5-7(10)9(12)13/h2-4,7H,5,10H2,1H3,(H,12,13)/t7-/m1/s1. The van der Waals surface area contributed by atoms with Crippen LogP contribution in [0.15, 0.2) is 18.2 Å². The number of carboxylic acid groups (broad SMARTS) is 1. The van der Waals surface area contributed by atoms with Gasteiger partial charge in [-0.2, -0.15) is 0 Å². The molecule has 14 heavy (non-hydrogen) atoms. The topological polar surface area (TPSA) is 85.4 Å². The molecule has 1 aromatic rings. The average molecular weight is 196 g/mol. The van der Waals surface area contributed by atoms with Gasteiger partial charge < -0.3 is 15.6 Å². The van der Waals surface area contributed by atoms with E-state index in [-0.39, 0.29) is 6.42 Å². The predicted octanol–water partition coefficient (Wildman–Crippen LogP) is 0.0446. The van der Waals surface area contributed by atoms with Crippen molar-refractivity contribution in [3.05, 3.63) is 23.9 Å². The van der Waals surface area contributed by atoms with Crippen molar-refractivity contribution < 1.29 is 14.6 Å². The number of pyridine rings is 1. The highest BCUT2D eigenvalue weighted by molar-refractivity contribution is 5.73. The van der Waals surface area contributed by atoms with Gasteiger partial charge in [-0.05, 0) is 6.07 Å². The van der Waals surface area contributed by atoms with Crippen LogP contribution >= 0.6 is 0 Å². The largest absolute Gasteiger partial charge is 0.481 e. The monoisotopic (exact) mass is 196 g/mol.